The summed E-state index contributed by atoms with van der Waals surface area (Å²) in [5.74, 6) is -2.09. The molecule has 0 spiro atoms. The molecule has 0 fully saturated rings. The van der Waals surface area contributed by atoms with Crippen molar-refractivity contribution >= 4 is 11.9 Å². The molecule has 0 aliphatic heterocycles. The Bertz CT molecular complexity index is 487. The number of Topliss-reactive ketones (excluding diaryl/α,β-unsaturated/α-hetero) is 1. The van der Waals surface area contributed by atoms with Crippen molar-refractivity contribution in [1.82, 2.24) is 0 Å². The number of benzene rings is 1. The summed E-state index contributed by atoms with van der Waals surface area (Å²) in [5.41, 5.74) is -0.0557. The van der Waals surface area contributed by atoms with E-state index in [0.29, 0.717) is 6.07 Å². The second-order valence-electron chi connectivity index (χ2n) is 3.17. The van der Waals surface area contributed by atoms with Gasteiger partial charge >= 0.3 is 0 Å². The number of nitriles is 1. The highest BCUT2D eigenvalue weighted by Crippen LogP contribution is 2.17. The summed E-state index contributed by atoms with van der Waals surface area (Å²) < 4.78 is 26.4. The van der Waals surface area contributed by atoms with Crippen molar-refractivity contribution in [2.24, 2.45) is 0 Å². The van der Waals surface area contributed by atoms with Gasteiger partial charge in [-0.3, -0.25) is 4.79 Å². The Morgan fingerprint density at radius 3 is 2.69 bits per heavy atom. The number of rotatable bonds is 3. The topological polar surface area (TPSA) is 40.9 Å². The van der Waals surface area contributed by atoms with Crippen molar-refractivity contribution < 1.29 is 13.6 Å². The maximum atomic E-state index is 13.2. The van der Waals surface area contributed by atoms with Crippen LogP contribution >= 0.6 is 0 Å². The fourth-order valence-electron chi connectivity index (χ4n) is 1.20. The van der Waals surface area contributed by atoms with E-state index in [-0.39, 0.29) is 17.5 Å². The van der Waals surface area contributed by atoms with Crippen molar-refractivity contribution in [2.45, 2.75) is 13.3 Å². The minimum Gasteiger partial charge on any atom is -0.294 e. The molecular weight excluding hydrogens is 212 g/mol. The Balaban J connectivity index is 3.16. The molecule has 0 N–H and O–H groups in total. The van der Waals surface area contributed by atoms with Crippen molar-refractivity contribution in [3.63, 3.8) is 0 Å². The van der Waals surface area contributed by atoms with Gasteiger partial charge in [-0.1, -0.05) is 12.2 Å². The van der Waals surface area contributed by atoms with E-state index in [0.717, 1.165) is 6.07 Å². The number of carbonyl (C=O) groups is 1. The molecule has 4 heteroatoms. The van der Waals surface area contributed by atoms with Crippen molar-refractivity contribution in [2.75, 3.05) is 0 Å². The molecule has 82 valence electrons. The van der Waals surface area contributed by atoms with Gasteiger partial charge in [0, 0.05) is 11.6 Å². The Morgan fingerprint density at radius 1 is 1.44 bits per heavy atom. The Morgan fingerprint density at radius 2 is 2.12 bits per heavy atom. The second kappa shape index (κ2) is 5.17. The molecule has 0 aliphatic rings. The quantitative estimate of drug-likeness (QED) is 0.736. The fourth-order valence-corrected chi connectivity index (χ4v) is 1.20. The molecule has 0 atom stereocenters. The molecule has 0 aliphatic carbocycles. The van der Waals surface area contributed by atoms with Crippen molar-refractivity contribution in [3.8, 4) is 6.07 Å². The van der Waals surface area contributed by atoms with E-state index >= 15 is 0 Å². The maximum absolute atomic E-state index is 13.2. The van der Waals surface area contributed by atoms with Crippen LogP contribution in [-0.2, 0) is 0 Å². The molecule has 0 bridgehead atoms. The van der Waals surface area contributed by atoms with Crippen molar-refractivity contribution in [1.29, 1.82) is 5.26 Å². The summed E-state index contributed by atoms with van der Waals surface area (Å²) in [5, 5.41) is 8.29. The molecule has 0 saturated heterocycles. The van der Waals surface area contributed by atoms with Gasteiger partial charge in [-0.05, 0) is 13.0 Å². The summed E-state index contributed by atoms with van der Waals surface area (Å²) in [6.45, 7) is 1.21. The van der Waals surface area contributed by atoms with Gasteiger partial charge in [0.25, 0.3) is 0 Å². The summed E-state index contributed by atoms with van der Waals surface area (Å²) in [7, 11) is 0. The summed E-state index contributed by atoms with van der Waals surface area (Å²) in [6, 6.07) is 3.67. The third-order valence-corrected chi connectivity index (χ3v) is 1.97. The van der Waals surface area contributed by atoms with Crippen LogP contribution in [0.15, 0.2) is 18.2 Å². The number of nitrogens with zero attached hydrogens (tertiary/aromatic N) is 1. The van der Waals surface area contributed by atoms with Crippen LogP contribution in [0.1, 0.15) is 29.3 Å². The van der Waals surface area contributed by atoms with E-state index in [9.17, 15) is 13.6 Å². The average Bonchev–Trinajstić information content (AvgIpc) is 2.21. The Labute approximate surface area is 91.8 Å². The number of halogens is 2. The molecule has 0 amide bonds. The lowest BCUT2D eigenvalue weighted by Gasteiger charge is -2.02. The van der Waals surface area contributed by atoms with Crippen molar-refractivity contribution in [3.05, 3.63) is 41.0 Å². The van der Waals surface area contributed by atoms with Gasteiger partial charge in [-0.2, -0.15) is 5.26 Å². The van der Waals surface area contributed by atoms with E-state index in [2.05, 4.69) is 0 Å². The highest BCUT2D eigenvalue weighted by atomic mass is 19.1. The SMILES string of the molecule is CC(=O)c1cc(C=CCC#N)c(F)cc1F. The van der Waals surface area contributed by atoms with Crippen LogP contribution in [0.2, 0.25) is 0 Å². The zero-order chi connectivity index (χ0) is 12.1. The lowest BCUT2D eigenvalue weighted by atomic mass is 10.1. The fraction of sp³-hybridized carbons (Fsp3) is 0.167. The number of hydrogen-bond donors (Lipinski definition) is 0. The van der Waals surface area contributed by atoms with Crippen LogP contribution in [-0.4, -0.2) is 5.78 Å². The molecule has 1 aromatic carbocycles. The highest BCUT2D eigenvalue weighted by Gasteiger charge is 2.11. The lowest BCUT2D eigenvalue weighted by molar-refractivity contribution is 0.101. The Hall–Kier alpha value is -2.02. The molecule has 0 unspecified atom stereocenters. The number of carbonyl (C=O) groups excluding carboxylic acids is 1. The van der Waals surface area contributed by atoms with E-state index < -0.39 is 17.4 Å². The first-order valence-electron chi connectivity index (χ1n) is 4.59. The summed E-state index contributed by atoms with van der Waals surface area (Å²) in [6.07, 6.45) is 2.93. The standard InChI is InChI=1S/C12H9F2NO/c1-8(16)10-6-9(4-2-3-5-15)11(13)7-12(10)14/h2,4,6-7H,3H2,1H3. The first-order valence-corrected chi connectivity index (χ1v) is 4.59. The first-order chi connectivity index (χ1) is 7.56. The zero-order valence-corrected chi connectivity index (χ0v) is 8.63. The van der Waals surface area contributed by atoms with Gasteiger partial charge in [0.2, 0.25) is 0 Å². The van der Waals surface area contributed by atoms with Gasteiger partial charge in [0.1, 0.15) is 11.6 Å². The molecule has 2 nitrogen and oxygen atoms in total. The monoisotopic (exact) mass is 221 g/mol. The maximum Gasteiger partial charge on any atom is 0.162 e. The Kier molecular flexibility index (Phi) is 3.90. The molecule has 0 aromatic heterocycles. The number of hydrogen-bond acceptors (Lipinski definition) is 2. The minimum atomic E-state index is -0.873. The van der Waals surface area contributed by atoms with Gasteiger partial charge < -0.3 is 0 Å². The zero-order valence-electron chi connectivity index (χ0n) is 8.63. The van der Waals surface area contributed by atoms with Crippen LogP contribution in [0.25, 0.3) is 6.08 Å². The molecule has 16 heavy (non-hydrogen) atoms. The third kappa shape index (κ3) is 2.74. The average molecular weight is 221 g/mol. The first kappa shape index (κ1) is 12.1. The molecule has 0 radical (unpaired) electrons. The van der Waals surface area contributed by atoms with Gasteiger partial charge in [0.15, 0.2) is 5.78 Å². The second-order valence-corrected chi connectivity index (χ2v) is 3.17. The highest BCUT2D eigenvalue weighted by molar-refractivity contribution is 5.94. The number of ketones is 1. The molecule has 1 rings (SSSR count). The van der Waals surface area contributed by atoms with Crippen LogP contribution in [0.5, 0.6) is 0 Å². The van der Waals surface area contributed by atoms with Gasteiger partial charge in [0.05, 0.1) is 18.1 Å². The van der Waals surface area contributed by atoms with Crippen LogP contribution < -0.4 is 0 Å². The molecule has 0 saturated carbocycles. The van der Waals surface area contributed by atoms with Crippen LogP contribution in [0.4, 0.5) is 8.78 Å². The van der Waals surface area contributed by atoms with Gasteiger partial charge in [-0.15, -0.1) is 0 Å². The number of allylic oxidation sites excluding steroid dienone is 1. The molecule has 0 heterocycles. The predicted molar refractivity (Wildman–Crippen MR) is 55.6 cm³/mol. The predicted octanol–water partition coefficient (Wildman–Crippen LogP) is 3.09. The molecular formula is C12H9F2NO. The van der Waals surface area contributed by atoms with Gasteiger partial charge in [-0.25, -0.2) is 8.78 Å². The lowest BCUT2D eigenvalue weighted by Crippen LogP contribution is -1.99. The molecule has 1 aromatic rings. The largest absolute Gasteiger partial charge is 0.294 e. The van der Waals surface area contributed by atoms with E-state index in [1.54, 1.807) is 0 Å². The third-order valence-electron chi connectivity index (χ3n) is 1.97. The van der Waals surface area contributed by atoms with Crippen LogP contribution in [0.3, 0.4) is 0 Å². The van der Waals surface area contributed by atoms with E-state index in [4.69, 9.17) is 5.26 Å². The summed E-state index contributed by atoms with van der Waals surface area (Å²) >= 11 is 0. The summed E-state index contributed by atoms with van der Waals surface area (Å²) in [4.78, 5) is 11.0. The van der Waals surface area contributed by atoms with Crippen LogP contribution in [0, 0.1) is 23.0 Å². The normalized spacial score (nSPS) is 10.4. The van der Waals surface area contributed by atoms with E-state index in [1.807, 2.05) is 6.07 Å². The van der Waals surface area contributed by atoms with E-state index in [1.165, 1.54) is 19.1 Å². The minimum absolute atomic E-state index is 0.0989. The smallest absolute Gasteiger partial charge is 0.162 e.